The Labute approximate surface area is 228 Å². The number of halogens is 1. The lowest BCUT2D eigenvalue weighted by Crippen LogP contribution is -2.19. The van der Waals surface area contributed by atoms with E-state index in [2.05, 4.69) is 0 Å². The Hall–Kier alpha value is -4.30. The number of aromatic hydroxyl groups is 3. The van der Waals surface area contributed by atoms with E-state index in [0.29, 0.717) is 15.7 Å². The van der Waals surface area contributed by atoms with Crippen LogP contribution in [0.5, 0.6) is 17.5 Å². The molecule has 3 aromatic heterocycles. The smallest absolute Gasteiger partial charge is 0.363 e. The third-order valence-electron chi connectivity index (χ3n) is 5.64. The molecule has 0 aliphatic rings. The Morgan fingerprint density at radius 1 is 1.00 bits per heavy atom. The molecule has 0 amide bonds. The lowest BCUT2D eigenvalue weighted by molar-refractivity contribution is 0.0381. The molecule has 0 spiro atoms. The number of benzene rings is 2. The molecule has 200 valence electrons. The van der Waals surface area contributed by atoms with E-state index in [9.17, 15) is 37.9 Å². The van der Waals surface area contributed by atoms with Crippen LogP contribution < -0.4 is 10.5 Å². The Morgan fingerprint density at radius 2 is 1.67 bits per heavy atom. The highest BCUT2D eigenvalue weighted by molar-refractivity contribution is 7.86. The Kier molecular flexibility index (Phi) is 6.60. The van der Waals surface area contributed by atoms with Crippen LogP contribution in [-0.4, -0.2) is 39.0 Å². The summed E-state index contributed by atoms with van der Waals surface area (Å²) in [5, 5.41) is 29.4. The van der Waals surface area contributed by atoms with Crippen LogP contribution in [0.1, 0.15) is 20.8 Å². The minimum atomic E-state index is -4.67. The maximum atomic E-state index is 12.7. The van der Waals surface area contributed by atoms with Crippen molar-refractivity contribution in [2.45, 2.75) is 11.3 Å². The lowest BCUT2D eigenvalue weighted by Gasteiger charge is -2.07. The fourth-order valence-corrected chi connectivity index (χ4v) is 6.17. The van der Waals surface area contributed by atoms with Crippen LogP contribution in [0.25, 0.3) is 21.4 Å². The average Bonchev–Trinajstić information content (AvgIpc) is 3.44. The van der Waals surface area contributed by atoms with Gasteiger partial charge in [0.05, 0.1) is 16.1 Å². The van der Waals surface area contributed by atoms with Crippen LogP contribution in [0.2, 0.25) is 5.02 Å². The van der Waals surface area contributed by atoms with Crippen LogP contribution in [-0.2, 0) is 16.5 Å². The summed E-state index contributed by atoms with van der Waals surface area (Å²) >= 11 is 6.90. The summed E-state index contributed by atoms with van der Waals surface area (Å²) in [4.78, 5) is 30.0. The summed E-state index contributed by atoms with van der Waals surface area (Å²) in [6.45, 7) is 0. The number of rotatable bonds is 6. The van der Waals surface area contributed by atoms with Crippen molar-refractivity contribution in [1.29, 1.82) is 0 Å². The van der Waals surface area contributed by atoms with Crippen LogP contribution in [0.4, 0.5) is 0 Å². The molecule has 0 aliphatic heterocycles. The van der Waals surface area contributed by atoms with Crippen molar-refractivity contribution in [2.24, 2.45) is 0 Å². The number of hydrogen-bond acceptors (Lipinski definition) is 10. The van der Waals surface area contributed by atoms with Crippen LogP contribution in [0.3, 0.4) is 0 Å². The van der Waals surface area contributed by atoms with E-state index in [1.807, 2.05) is 0 Å². The van der Waals surface area contributed by atoms with Gasteiger partial charge in [-0.2, -0.15) is 8.42 Å². The van der Waals surface area contributed by atoms with Gasteiger partial charge in [-0.1, -0.05) is 23.7 Å². The number of carbonyl (C=O) groups excluding carboxylic acids is 1. The molecule has 4 N–H and O–H groups in total. The quantitative estimate of drug-likeness (QED) is 0.166. The molecule has 2 aromatic carbocycles. The van der Waals surface area contributed by atoms with Gasteiger partial charge in [-0.05, 0) is 35.9 Å². The zero-order valence-electron chi connectivity index (χ0n) is 19.4. The van der Waals surface area contributed by atoms with Gasteiger partial charge in [0, 0.05) is 39.8 Å². The van der Waals surface area contributed by atoms with Gasteiger partial charge in [0.2, 0.25) is 11.8 Å². The third-order valence-corrected chi connectivity index (χ3v) is 8.16. The van der Waals surface area contributed by atoms with Gasteiger partial charge in [0.15, 0.2) is 0 Å². The highest BCUT2D eigenvalue weighted by Gasteiger charge is 2.23. The minimum Gasteiger partial charge on any atom is -0.506 e. The number of carbonyl (C=O) groups is 1. The van der Waals surface area contributed by atoms with Crippen molar-refractivity contribution in [1.82, 2.24) is 4.73 Å². The largest absolute Gasteiger partial charge is 0.506 e. The molecule has 0 fully saturated rings. The molecule has 0 saturated heterocycles. The molecule has 11 nitrogen and oxygen atoms in total. The summed E-state index contributed by atoms with van der Waals surface area (Å²) < 4.78 is 39.9. The highest BCUT2D eigenvalue weighted by Crippen LogP contribution is 2.36. The van der Waals surface area contributed by atoms with Crippen molar-refractivity contribution in [3.63, 3.8) is 0 Å². The monoisotopic (exact) mass is 589 g/mol. The Morgan fingerprint density at radius 3 is 2.31 bits per heavy atom. The fourth-order valence-electron chi connectivity index (χ4n) is 3.76. The van der Waals surface area contributed by atoms with Crippen LogP contribution in [0, 0.1) is 0 Å². The number of aromatic nitrogens is 1. The van der Waals surface area contributed by atoms with Gasteiger partial charge < -0.3 is 24.6 Å². The molecular weight excluding hydrogens is 574 g/mol. The molecule has 0 saturated carbocycles. The van der Waals surface area contributed by atoms with E-state index in [1.54, 1.807) is 0 Å². The zero-order valence-corrected chi connectivity index (χ0v) is 21.7. The van der Waals surface area contributed by atoms with Crippen molar-refractivity contribution in [3.8, 4) is 28.0 Å². The van der Waals surface area contributed by atoms with E-state index in [1.165, 1.54) is 42.5 Å². The normalized spacial score (nSPS) is 11.6. The van der Waals surface area contributed by atoms with Crippen molar-refractivity contribution in [3.05, 3.63) is 92.1 Å². The maximum Gasteiger partial charge on any atom is 0.363 e. The molecule has 5 aromatic rings. The molecule has 0 unspecified atom stereocenters. The molecular formula is C25H16ClNO10S2. The Balaban J connectivity index is 1.46. The van der Waals surface area contributed by atoms with Crippen LogP contribution >= 0.6 is 22.9 Å². The topological polar surface area (TPSA) is 176 Å². The number of phenols is 1. The fraction of sp³-hybridized carbons (Fsp3) is 0.0400. The molecule has 39 heavy (non-hydrogen) atoms. The van der Waals surface area contributed by atoms with Crippen molar-refractivity contribution >= 4 is 50.0 Å². The molecule has 0 radical (unpaired) electrons. The first-order valence-corrected chi connectivity index (χ1v) is 13.5. The second-order valence-electron chi connectivity index (χ2n) is 8.26. The number of hydrogen-bond donors (Lipinski definition) is 4. The standard InChI is InChI=1S/C25H16ClNO10S2/c26-16-9-14-8-15(25(32)36-18(14)10-17(16)28)19-11-21(39(33,34)35)20(38-19)7-12-1-3-13(4-2-12)24(31)37-27-22(29)5-6-23(27)30/h1-6,8-11,28-30H,7H2,(H,33,34,35). The van der Waals surface area contributed by atoms with Gasteiger partial charge in [-0.25, -0.2) is 9.59 Å². The molecule has 3 heterocycles. The van der Waals surface area contributed by atoms with Gasteiger partial charge >= 0.3 is 11.6 Å². The van der Waals surface area contributed by atoms with E-state index in [-0.39, 0.29) is 43.7 Å². The maximum absolute atomic E-state index is 12.7. The summed E-state index contributed by atoms with van der Waals surface area (Å²) in [6, 6.07) is 13.3. The second-order valence-corrected chi connectivity index (χ2v) is 11.2. The lowest BCUT2D eigenvalue weighted by atomic mass is 10.1. The zero-order chi connectivity index (χ0) is 28.1. The summed E-state index contributed by atoms with van der Waals surface area (Å²) in [5.41, 5.74) is -0.0456. The summed E-state index contributed by atoms with van der Waals surface area (Å²) in [5.74, 6) is -2.11. The predicted octanol–water partition coefficient (Wildman–Crippen LogP) is 4.20. The van der Waals surface area contributed by atoms with E-state index in [4.69, 9.17) is 20.9 Å². The predicted molar refractivity (Wildman–Crippen MR) is 140 cm³/mol. The number of thiophene rings is 1. The molecule has 0 atom stereocenters. The SMILES string of the molecule is O=C(On1c(O)ccc1O)c1ccc(Cc2sc(-c3cc4cc(Cl)c(O)cc4oc3=O)cc2S(=O)(=O)O)cc1. The van der Waals surface area contributed by atoms with E-state index >= 15 is 0 Å². The number of nitrogens with zero attached hydrogens (tertiary/aromatic N) is 1. The third kappa shape index (κ3) is 5.20. The first-order chi connectivity index (χ1) is 18.4. The van der Waals surface area contributed by atoms with Crippen molar-refractivity contribution in [2.75, 3.05) is 0 Å². The molecule has 0 bridgehead atoms. The second kappa shape index (κ2) is 9.78. The summed E-state index contributed by atoms with van der Waals surface area (Å²) in [7, 11) is -4.67. The average molecular weight is 590 g/mol. The number of fused-ring (bicyclic) bond motifs is 1. The van der Waals surface area contributed by atoms with Gasteiger partial charge in [-0.3, -0.25) is 4.55 Å². The highest BCUT2D eigenvalue weighted by atomic mass is 35.5. The first kappa shape index (κ1) is 26.3. The van der Waals surface area contributed by atoms with Gasteiger partial charge in [0.25, 0.3) is 10.1 Å². The number of phenolic OH excluding ortho intramolecular Hbond substituents is 1. The molecule has 14 heteroatoms. The van der Waals surface area contributed by atoms with E-state index < -0.39 is 38.4 Å². The minimum absolute atomic E-state index is 0.0207. The molecule has 5 rings (SSSR count). The molecule has 0 aliphatic carbocycles. The van der Waals surface area contributed by atoms with Gasteiger partial charge in [-0.15, -0.1) is 16.1 Å². The van der Waals surface area contributed by atoms with Gasteiger partial charge in [0.1, 0.15) is 16.2 Å². The van der Waals surface area contributed by atoms with Crippen molar-refractivity contribution < 1.29 is 42.3 Å². The summed E-state index contributed by atoms with van der Waals surface area (Å²) in [6.07, 6.45) is 0.0207. The van der Waals surface area contributed by atoms with Crippen LogP contribution in [0.15, 0.2) is 74.8 Å². The van der Waals surface area contributed by atoms with E-state index in [0.717, 1.165) is 29.5 Å². The first-order valence-electron chi connectivity index (χ1n) is 10.9. The Bertz CT molecular complexity index is 1900.